The summed E-state index contributed by atoms with van der Waals surface area (Å²) in [5, 5.41) is 21.2. The predicted octanol–water partition coefficient (Wildman–Crippen LogP) is 1.91. The molecule has 0 saturated carbocycles. The maximum atomic E-state index is 13.3. The molecule has 0 fully saturated rings. The molecule has 0 saturated heterocycles. The fourth-order valence-corrected chi connectivity index (χ4v) is 3.86. The van der Waals surface area contributed by atoms with Crippen LogP contribution in [0.3, 0.4) is 0 Å². The smallest absolute Gasteiger partial charge is 0.323 e. The van der Waals surface area contributed by atoms with Gasteiger partial charge in [0.2, 0.25) is 0 Å². The second kappa shape index (κ2) is 10.1. The van der Waals surface area contributed by atoms with E-state index in [4.69, 9.17) is 27.9 Å². The van der Waals surface area contributed by atoms with Gasteiger partial charge < -0.3 is 25.2 Å². The molecule has 0 bridgehead atoms. The van der Waals surface area contributed by atoms with Crippen LogP contribution >= 0.6 is 23.2 Å². The molecule has 0 unspecified atom stereocenters. The molecule has 12 heteroatoms. The Morgan fingerprint density at radius 2 is 1.76 bits per heavy atom. The molecule has 3 amide bonds. The quantitative estimate of drug-likeness (QED) is 0.556. The standard InChI is InChI=1S/C21H19Cl2N3O7/c1-33-10-17(27)25-8-14(24-20(31)11-6-12(22)19(30)13(23)7-11)21(32)26(9-18(28)29)16-5-3-2-4-15(16)25/h2-7,14,30H,8-10H2,1H3,(H,24,31)(H,28,29)/t14-/m0/s1. The van der Waals surface area contributed by atoms with Crippen molar-refractivity contribution in [1.29, 1.82) is 0 Å². The Bertz CT molecular complexity index is 1100. The van der Waals surface area contributed by atoms with Crippen LogP contribution in [0.2, 0.25) is 10.0 Å². The van der Waals surface area contributed by atoms with E-state index in [1.807, 2.05) is 0 Å². The Kier molecular flexibility index (Phi) is 7.42. The molecule has 2 aromatic rings. The summed E-state index contributed by atoms with van der Waals surface area (Å²) in [5.74, 6) is -3.68. The zero-order chi connectivity index (χ0) is 24.3. The fourth-order valence-electron chi connectivity index (χ4n) is 3.37. The molecule has 10 nitrogen and oxygen atoms in total. The van der Waals surface area contributed by atoms with E-state index in [1.54, 1.807) is 18.2 Å². The molecule has 1 heterocycles. The van der Waals surface area contributed by atoms with E-state index >= 15 is 0 Å². The number of halogens is 2. The Balaban J connectivity index is 2.02. The van der Waals surface area contributed by atoms with Crippen LogP contribution in [-0.4, -0.2) is 66.8 Å². The number of fused-ring (bicyclic) bond motifs is 1. The molecule has 174 valence electrons. The first kappa shape index (κ1) is 24.3. The first-order valence-electron chi connectivity index (χ1n) is 9.54. The predicted molar refractivity (Wildman–Crippen MR) is 120 cm³/mol. The molecular weight excluding hydrogens is 477 g/mol. The lowest BCUT2D eigenvalue weighted by Gasteiger charge is -2.24. The summed E-state index contributed by atoms with van der Waals surface area (Å²) >= 11 is 11.8. The van der Waals surface area contributed by atoms with Gasteiger partial charge in [-0.25, -0.2) is 0 Å². The Labute approximate surface area is 198 Å². The number of benzene rings is 2. The number of phenolic OH excluding ortho intramolecular Hbond substituents is 1. The lowest BCUT2D eigenvalue weighted by molar-refractivity contribution is -0.136. The van der Waals surface area contributed by atoms with Crippen molar-refractivity contribution in [3.63, 3.8) is 0 Å². The Morgan fingerprint density at radius 1 is 1.15 bits per heavy atom. The summed E-state index contributed by atoms with van der Waals surface area (Å²) < 4.78 is 4.93. The molecule has 0 spiro atoms. The summed E-state index contributed by atoms with van der Waals surface area (Å²) in [6.45, 7) is -1.27. The van der Waals surface area contributed by atoms with E-state index in [0.717, 1.165) is 17.0 Å². The number of nitrogens with zero attached hydrogens (tertiary/aromatic N) is 2. The number of ether oxygens (including phenoxy) is 1. The van der Waals surface area contributed by atoms with Crippen LogP contribution in [0.5, 0.6) is 5.75 Å². The minimum atomic E-state index is -1.31. The number of aliphatic carboxylic acids is 1. The second-order valence-electron chi connectivity index (χ2n) is 7.06. The average molecular weight is 496 g/mol. The average Bonchev–Trinajstić information content (AvgIpc) is 2.87. The van der Waals surface area contributed by atoms with Gasteiger partial charge in [0.25, 0.3) is 17.7 Å². The number of nitrogens with one attached hydrogen (secondary N) is 1. The number of amides is 3. The van der Waals surface area contributed by atoms with E-state index in [2.05, 4.69) is 5.32 Å². The molecule has 0 aliphatic carbocycles. The van der Waals surface area contributed by atoms with Crippen LogP contribution < -0.4 is 15.1 Å². The van der Waals surface area contributed by atoms with E-state index < -0.39 is 42.0 Å². The molecule has 3 N–H and O–H groups in total. The van der Waals surface area contributed by atoms with Gasteiger partial charge in [0, 0.05) is 12.7 Å². The van der Waals surface area contributed by atoms with Crippen molar-refractivity contribution in [3.8, 4) is 5.75 Å². The third kappa shape index (κ3) is 5.19. The van der Waals surface area contributed by atoms with Gasteiger partial charge in [0.05, 0.1) is 28.0 Å². The van der Waals surface area contributed by atoms with Crippen LogP contribution in [0, 0.1) is 0 Å². The summed E-state index contributed by atoms with van der Waals surface area (Å²) in [4.78, 5) is 52.6. The second-order valence-corrected chi connectivity index (χ2v) is 7.87. The monoisotopic (exact) mass is 495 g/mol. The van der Waals surface area contributed by atoms with Crippen molar-refractivity contribution in [2.24, 2.45) is 0 Å². The summed E-state index contributed by atoms with van der Waals surface area (Å²) in [6.07, 6.45) is 0. The molecule has 3 rings (SSSR count). The maximum Gasteiger partial charge on any atom is 0.323 e. The molecule has 0 aromatic heterocycles. The van der Waals surface area contributed by atoms with Gasteiger partial charge in [0.15, 0.2) is 5.75 Å². The first-order chi connectivity index (χ1) is 15.6. The highest BCUT2D eigenvalue weighted by atomic mass is 35.5. The first-order valence-corrected chi connectivity index (χ1v) is 10.3. The van der Waals surface area contributed by atoms with E-state index in [-0.39, 0.29) is 34.4 Å². The minimum Gasteiger partial charge on any atom is -0.505 e. The van der Waals surface area contributed by atoms with Gasteiger partial charge in [-0.2, -0.15) is 0 Å². The number of carbonyl (C=O) groups excluding carboxylic acids is 3. The van der Waals surface area contributed by atoms with E-state index in [9.17, 15) is 29.4 Å². The van der Waals surface area contributed by atoms with Crippen molar-refractivity contribution < 1.29 is 34.1 Å². The number of carboxylic acid groups (broad SMARTS) is 1. The van der Waals surface area contributed by atoms with Crippen molar-refractivity contribution in [2.75, 3.05) is 36.6 Å². The topological polar surface area (TPSA) is 136 Å². The van der Waals surface area contributed by atoms with Crippen molar-refractivity contribution in [3.05, 3.63) is 52.0 Å². The number of carboxylic acids is 1. The zero-order valence-corrected chi connectivity index (χ0v) is 18.8. The Hall–Kier alpha value is -3.34. The summed E-state index contributed by atoms with van der Waals surface area (Å²) in [6, 6.07) is 7.32. The number of methoxy groups -OCH3 is 1. The number of hydrogen-bond acceptors (Lipinski definition) is 6. The van der Waals surface area contributed by atoms with Crippen LogP contribution in [-0.2, 0) is 19.1 Å². The van der Waals surface area contributed by atoms with Gasteiger partial charge in [-0.05, 0) is 24.3 Å². The number of aromatic hydroxyl groups is 1. The molecule has 0 radical (unpaired) electrons. The van der Waals surface area contributed by atoms with Crippen LogP contribution in [0.25, 0.3) is 0 Å². The van der Waals surface area contributed by atoms with Gasteiger partial charge in [-0.15, -0.1) is 0 Å². The zero-order valence-electron chi connectivity index (χ0n) is 17.2. The van der Waals surface area contributed by atoms with Crippen molar-refractivity contribution in [2.45, 2.75) is 6.04 Å². The lowest BCUT2D eigenvalue weighted by atomic mass is 10.1. The third-order valence-electron chi connectivity index (χ3n) is 4.84. The number of anilines is 2. The lowest BCUT2D eigenvalue weighted by Crippen LogP contribution is -2.54. The number of rotatable bonds is 6. The molecule has 1 aliphatic heterocycles. The maximum absolute atomic E-state index is 13.3. The SMILES string of the molecule is COCC(=O)N1C[C@H](NC(=O)c2cc(Cl)c(O)c(Cl)c2)C(=O)N(CC(=O)O)c2ccccc21. The summed E-state index contributed by atoms with van der Waals surface area (Å²) in [7, 11) is 1.33. The van der Waals surface area contributed by atoms with Gasteiger partial charge >= 0.3 is 5.97 Å². The van der Waals surface area contributed by atoms with E-state index in [0.29, 0.717) is 5.69 Å². The van der Waals surface area contributed by atoms with Crippen LogP contribution in [0.1, 0.15) is 10.4 Å². The minimum absolute atomic E-state index is 0.0445. The molecular formula is C21H19Cl2N3O7. The highest BCUT2D eigenvalue weighted by Crippen LogP contribution is 2.34. The molecule has 1 atom stereocenters. The molecule has 1 aliphatic rings. The van der Waals surface area contributed by atoms with E-state index in [1.165, 1.54) is 18.1 Å². The van der Waals surface area contributed by atoms with Gasteiger partial charge in [-0.1, -0.05) is 35.3 Å². The van der Waals surface area contributed by atoms with Crippen molar-refractivity contribution >= 4 is 58.3 Å². The number of para-hydroxylation sites is 2. The molecule has 2 aromatic carbocycles. The van der Waals surface area contributed by atoms with Gasteiger partial charge in [-0.3, -0.25) is 24.1 Å². The summed E-state index contributed by atoms with van der Waals surface area (Å²) in [5.41, 5.74) is 0.445. The van der Waals surface area contributed by atoms with Crippen LogP contribution in [0.15, 0.2) is 36.4 Å². The van der Waals surface area contributed by atoms with Gasteiger partial charge in [0.1, 0.15) is 19.2 Å². The largest absolute Gasteiger partial charge is 0.505 e. The van der Waals surface area contributed by atoms with Crippen molar-refractivity contribution in [1.82, 2.24) is 5.32 Å². The number of carbonyl (C=O) groups is 4. The fraction of sp³-hybridized carbons (Fsp3) is 0.238. The third-order valence-corrected chi connectivity index (χ3v) is 5.42. The molecule has 33 heavy (non-hydrogen) atoms. The number of phenols is 1. The van der Waals surface area contributed by atoms with Crippen LogP contribution in [0.4, 0.5) is 11.4 Å². The highest BCUT2D eigenvalue weighted by molar-refractivity contribution is 6.37. The normalized spacial score (nSPS) is 15.6. The highest BCUT2D eigenvalue weighted by Gasteiger charge is 2.37. The number of hydrogen-bond donors (Lipinski definition) is 3. The Morgan fingerprint density at radius 3 is 2.33 bits per heavy atom.